The number of piperidine rings is 1. The molecule has 2 rings (SSSR count). The number of aryl methyl sites for hydroxylation is 2. The van der Waals surface area contributed by atoms with Crippen LogP contribution in [0.5, 0.6) is 0 Å². The molecule has 1 unspecified atom stereocenters. The fourth-order valence-corrected chi connectivity index (χ4v) is 2.86. The molecule has 1 aliphatic heterocycles. The number of nitrogens with zero attached hydrogens (tertiary/aromatic N) is 3. The van der Waals surface area contributed by atoms with Crippen LogP contribution in [0, 0.1) is 13.8 Å². The van der Waals surface area contributed by atoms with E-state index < -0.39 is 0 Å². The zero-order valence-electron chi connectivity index (χ0n) is 14.2. The van der Waals surface area contributed by atoms with Crippen molar-refractivity contribution >= 4 is 24.1 Å². The van der Waals surface area contributed by atoms with Crippen LogP contribution in [0.2, 0.25) is 0 Å². The number of rotatable bonds is 5. The minimum atomic E-state index is -0.379. The molecular weight excluding hydrogens is 314 g/mol. The summed E-state index contributed by atoms with van der Waals surface area (Å²) in [5.74, 6) is 1.77. The molecule has 3 N–H and O–H groups in total. The third kappa shape index (κ3) is 5.62. The van der Waals surface area contributed by atoms with Gasteiger partial charge in [0.25, 0.3) is 0 Å². The third-order valence-electron chi connectivity index (χ3n) is 4.05. The third-order valence-corrected chi connectivity index (χ3v) is 4.05. The summed E-state index contributed by atoms with van der Waals surface area (Å²) in [6.45, 7) is 7.73. The van der Waals surface area contributed by atoms with E-state index in [4.69, 9.17) is 5.73 Å². The molecule has 7 heteroatoms. The van der Waals surface area contributed by atoms with Crippen molar-refractivity contribution in [2.75, 3.05) is 18.0 Å². The van der Waals surface area contributed by atoms with Gasteiger partial charge in [0.05, 0.1) is 6.04 Å². The first-order valence-corrected chi connectivity index (χ1v) is 8.12. The summed E-state index contributed by atoms with van der Waals surface area (Å²) in [6.07, 6.45) is 3.52. The summed E-state index contributed by atoms with van der Waals surface area (Å²) in [4.78, 5) is 23.0. The Morgan fingerprint density at radius 2 is 2.04 bits per heavy atom. The van der Waals surface area contributed by atoms with Gasteiger partial charge in [-0.2, -0.15) is 0 Å². The van der Waals surface area contributed by atoms with Gasteiger partial charge in [-0.3, -0.25) is 4.79 Å². The zero-order chi connectivity index (χ0) is 16.1. The molecule has 1 aromatic rings. The zero-order valence-corrected chi connectivity index (χ0v) is 15.0. The lowest BCUT2D eigenvalue weighted by Crippen LogP contribution is -2.49. The molecule has 0 aliphatic carbocycles. The molecule has 23 heavy (non-hydrogen) atoms. The molecule has 0 bridgehead atoms. The number of carbonyl (C=O) groups excluding carboxylic acids is 1. The van der Waals surface area contributed by atoms with Crippen LogP contribution in [0.4, 0.5) is 5.82 Å². The lowest BCUT2D eigenvalue weighted by molar-refractivity contribution is -0.123. The van der Waals surface area contributed by atoms with Crippen molar-refractivity contribution in [3.8, 4) is 0 Å². The van der Waals surface area contributed by atoms with Crippen LogP contribution in [-0.2, 0) is 4.79 Å². The van der Waals surface area contributed by atoms with Gasteiger partial charge in [-0.05, 0) is 33.1 Å². The number of nitrogens with two attached hydrogens (primary N) is 1. The Balaban J connectivity index is 0.00000264. The van der Waals surface area contributed by atoms with Crippen molar-refractivity contribution in [3.05, 3.63) is 17.6 Å². The molecule has 0 spiro atoms. The van der Waals surface area contributed by atoms with E-state index in [0.29, 0.717) is 0 Å². The lowest BCUT2D eigenvalue weighted by atomic mass is 10.0. The van der Waals surface area contributed by atoms with Crippen molar-refractivity contribution < 1.29 is 4.79 Å². The fraction of sp³-hybridized carbons (Fsp3) is 0.688. The molecule has 6 nitrogen and oxygen atoms in total. The maximum absolute atomic E-state index is 12.0. The van der Waals surface area contributed by atoms with Crippen molar-refractivity contribution in [2.45, 2.75) is 58.5 Å². The molecule has 0 saturated carbocycles. The first kappa shape index (κ1) is 19.6. The Hall–Kier alpha value is -1.40. The molecule has 0 radical (unpaired) electrons. The Morgan fingerprint density at radius 1 is 1.39 bits per heavy atom. The number of halogens is 1. The van der Waals surface area contributed by atoms with E-state index in [1.54, 1.807) is 0 Å². The van der Waals surface area contributed by atoms with Gasteiger partial charge in [0.1, 0.15) is 11.6 Å². The van der Waals surface area contributed by atoms with Crippen molar-refractivity contribution in [2.24, 2.45) is 5.73 Å². The highest BCUT2D eigenvalue weighted by Gasteiger charge is 2.23. The van der Waals surface area contributed by atoms with Crippen LogP contribution < -0.4 is 16.0 Å². The fourth-order valence-electron chi connectivity index (χ4n) is 2.86. The number of anilines is 1. The average Bonchev–Trinajstić information content (AvgIpc) is 2.47. The Bertz CT molecular complexity index is 497. The second-order valence-corrected chi connectivity index (χ2v) is 6.08. The van der Waals surface area contributed by atoms with E-state index >= 15 is 0 Å². The number of carbonyl (C=O) groups is 1. The highest BCUT2D eigenvalue weighted by atomic mass is 35.5. The van der Waals surface area contributed by atoms with Gasteiger partial charge in [-0.25, -0.2) is 9.97 Å². The summed E-state index contributed by atoms with van der Waals surface area (Å²) in [6, 6.07) is 1.86. The number of hydrogen-bond acceptors (Lipinski definition) is 5. The van der Waals surface area contributed by atoms with Gasteiger partial charge in [0, 0.05) is 30.9 Å². The van der Waals surface area contributed by atoms with Gasteiger partial charge in [-0.1, -0.05) is 13.3 Å². The second-order valence-electron chi connectivity index (χ2n) is 6.08. The van der Waals surface area contributed by atoms with Gasteiger partial charge in [0.15, 0.2) is 0 Å². The highest BCUT2D eigenvalue weighted by molar-refractivity contribution is 5.85. The molecule has 1 saturated heterocycles. The Kier molecular flexibility index (Phi) is 7.72. The number of amides is 1. The summed E-state index contributed by atoms with van der Waals surface area (Å²) in [5.41, 5.74) is 6.85. The molecule has 130 valence electrons. The van der Waals surface area contributed by atoms with Crippen LogP contribution in [0.3, 0.4) is 0 Å². The van der Waals surface area contributed by atoms with Gasteiger partial charge in [0.2, 0.25) is 5.91 Å². The van der Waals surface area contributed by atoms with E-state index in [1.807, 2.05) is 26.8 Å². The smallest absolute Gasteiger partial charge is 0.237 e. The molecule has 2 heterocycles. The van der Waals surface area contributed by atoms with Crippen LogP contribution in [0.1, 0.15) is 44.1 Å². The standard InChI is InChI=1S/C16H27N5O.ClH/c1-4-5-14(17)16(22)20-13-6-8-21(9-7-13)15-10-11(2)18-12(3)19-15;/h10,13-14H,4-9,17H2,1-3H3,(H,20,22);1H. The lowest BCUT2D eigenvalue weighted by Gasteiger charge is -2.33. The maximum atomic E-state index is 12.0. The summed E-state index contributed by atoms with van der Waals surface area (Å²) in [5, 5.41) is 3.07. The molecule has 1 aromatic heterocycles. The van der Waals surface area contributed by atoms with Crippen LogP contribution in [0.15, 0.2) is 6.07 Å². The van der Waals surface area contributed by atoms with E-state index in [9.17, 15) is 4.79 Å². The number of aromatic nitrogens is 2. The maximum Gasteiger partial charge on any atom is 0.237 e. The van der Waals surface area contributed by atoms with Gasteiger partial charge in [-0.15, -0.1) is 12.4 Å². The van der Waals surface area contributed by atoms with Crippen LogP contribution >= 0.6 is 12.4 Å². The van der Waals surface area contributed by atoms with Crippen molar-refractivity contribution in [1.82, 2.24) is 15.3 Å². The predicted molar refractivity (Wildman–Crippen MR) is 95.0 cm³/mol. The molecule has 1 aliphatic rings. The van der Waals surface area contributed by atoms with Crippen LogP contribution in [-0.4, -0.2) is 41.0 Å². The minimum Gasteiger partial charge on any atom is -0.356 e. The van der Waals surface area contributed by atoms with Crippen molar-refractivity contribution in [3.63, 3.8) is 0 Å². The minimum absolute atomic E-state index is 0. The summed E-state index contributed by atoms with van der Waals surface area (Å²) in [7, 11) is 0. The topological polar surface area (TPSA) is 84.1 Å². The largest absolute Gasteiger partial charge is 0.356 e. The van der Waals surface area contributed by atoms with Crippen molar-refractivity contribution in [1.29, 1.82) is 0 Å². The molecular formula is C16H28ClN5O. The predicted octanol–water partition coefficient (Wildman–Crippen LogP) is 1.73. The molecule has 1 atom stereocenters. The second kappa shape index (κ2) is 9.03. The van der Waals surface area contributed by atoms with Gasteiger partial charge < -0.3 is 16.0 Å². The normalized spacial score (nSPS) is 16.6. The van der Waals surface area contributed by atoms with Crippen LogP contribution in [0.25, 0.3) is 0 Å². The highest BCUT2D eigenvalue weighted by Crippen LogP contribution is 2.18. The summed E-state index contributed by atoms with van der Waals surface area (Å²) >= 11 is 0. The quantitative estimate of drug-likeness (QED) is 0.852. The monoisotopic (exact) mass is 341 g/mol. The molecule has 1 amide bonds. The Morgan fingerprint density at radius 3 is 2.61 bits per heavy atom. The van der Waals surface area contributed by atoms with Gasteiger partial charge >= 0.3 is 0 Å². The number of nitrogens with one attached hydrogen (secondary N) is 1. The first-order valence-electron chi connectivity index (χ1n) is 8.12. The van der Waals surface area contributed by atoms with E-state index in [2.05, 4.69) is 20.2 Å². The first-order chi connectivity index (χ1) is 10.5. The average molecular weight is 342 g/mol. The number of hydrogen-bond donors (Lipinski definition) is 2. The summed E-state index contributed by atoms with van der Waals surface area (Å²) < 4.78 is 0. The van der Waals surface area contributed by atoms with E-state index in [1.165, 1.54) is 0 Å². The SMILES string of the molecule is CCCC(N)C(=O)NC1CCN(c2cc(C)nc(C)n2)CC1.Cl. The van der Waals surface area contributed by atoms with E-state index in [-0.39, 0.29) is 30.4 Å². The molecule has 0 aromatic carbocycles. The Labute approximate surface area is 144 Å². The van der Waals surface area contributed by atoms with E-state index in [0.717, 1.165) is 56.1 Å². The molecule has 1 fully saturated rings.